The summed E-state index contributed by atoms with van der Waals surface area (Å²) in [6, 6.07) is 25.3. The van der Waals surface area contributed by atoms with Crippen molar-refractivity contribution in [2.75, 3.05) is 13.6 Å². The van der Waals surface area contributed by atoms with Gasteiger partial charge in [-0.25, -0.2) is 0 Å². The van der Waals surface area contributed by atoms with Gasteiger partial charge in [-0.05, 0) is 29.9 Å². The van der Waals surface area contributed by atoms with E-state index in [-0.39, 0.29) is 0 Å². The van der Waals surface area contributed by atoms with Crippen LogP contribution in [0.2, 0.25) is 0 Å². The van der Waals surface area contributed by atoms with E-state index in [4.69, 9.17) is 0 Å². The minimum atomic E-state index is -0.544. The Hall–Kier alpha value is -2.11. The smallest absolute Gasteiger partial charge is 0.107 e. The van der Waals surface area contributed by atoms with Crippen LogP contribution in [-0.2, 0) is 5.41 Å². The van der Waals surface area contributed by atoms with Gasteiger partial charge in [0.05, 0.1) is 31.7 Å². The van der Waals surface area contributed by atoms with Gasteiger partial charge in [0.15, 0.2) is 0 Å². The number of fused-ring (bicyclic) bond motifs is 2. The zero-order valence-corrected chi connectivity index (χ0v) is 17.3. The molecule has 2 unspecified atom stereocenters. The van der Waals surface area contributed by atoms with Crippen LogP contribution in [0.25, 0.3) is 0 Å². The van der Waals surface area contributed by atoms with Crippen molar-refractivity contribution in [3.05, 3.63) is 71.8 Å². The highest BCUT2D eigenvalue weighted by Crippen LogP contribution is 2.48. The van der Waals surface area contributed by atoms with Gasteiger partial charge in [0.2, 0.25) is 0 Å². The SMILES string of the molecule is CCC[N+]1(C)[C@@H]2CC[C@H]1CC(CC(C#N)(c1ccccc1)c1ccccc1)C2. The molecule has 4 rings (SSSR count). The molecule has 0 aliphatic carbocycles. The Labute approximate surface area is 170 Å². The van der Waals surface area contributed by atoms with E-state index in [2.05, 4.69) is 68.6 Å². The second-order valence-corrected chi connectivity index (χ2v) is 9.25. The molecule has 2 aliphatic rings. The quantitative estimate of drug-likeness (QED) is 0.597. The summed E-state index contributed by atoms with van der Waals surface area (Å²) in [7, 11) is 2.49. The Morgan fingerprint density at radius 1 is 0.929 bits per heavy atom. The van der Waals surface area contributed by atoms with E-state index in [0.717, 1.165) is 29.6 Å². The average molecular weight is 374 g/mol. The van der Waals surface area contributed by atoms with Gasteiger partial charge in [0.25, 0.3) is 0 Å². The van der Waals surface area contributed by atoms with Crippen LogP contribution in [-0.4, -0.2) is 30.2 Å². The molecule has 0 saturated carbocycles. The Morgan fingerprint density at radius 2 is 1.43 bits per heavy atom. The van der Waals surface area contributed by atoms with Gasteiger partial charge in [-0.1, -0.05) is 67.6 Å². The van der Waals surface area contributed by atoms with E-state index >= 15 is 0 Å². The highest BCUT2D eigenvalue weighted by molar-refractivity contribution is 5.45. The van der Waals surface area contributed by atoms with Crippen molar-refractivity contribution >= 4 is 0 Å². The maximum absolute atomic E-state index is 10.5. The molecular weight excluding hydrogens is 340 g/mol. The fraction of sp³-hybridized carbons (Fsp3) is 0.500. The lowest BCUT2D eigenvalue weighted by molar-refractivity contribution is -0.949. The lowest BCUT2D eigenvalue weighted by Gasteiger charge is -2.48. The number of nitrogens with zero attached hydrogens (tertiary/aromatic N) is 2. The largest absolute Gasteiger partial charge is 0.321 e. The van der Waals surface area contributed by atoms with Crippen molar-refractivity contribution in [1.82, 2.24) is 0 Å². The van der Waals surface area contributed by atoms with Crippen molar-refractivity contribution < 1.29 is 4.48 Å². The van der Waals surface area contributed by atoms with Gasteiger partial charge < -0.3 is 4.48 Å². The standard InChI is InChI=1S/C26H33N2/c1-3-16-28(2)24-14-15-25(28)18-21(17-24)19-26(20-27,22-10-6-4-7-11-22)23-12-8-5-9-13-23/h4-13,21,24-25H,3,14-19H2,1-2H3/q+1/t21?,24-,25+,28?. The summed E-state index contributed by atoms with van der Waals surface area (Å²) in [5.74, 6) is 0.626. The summed E-state index contributed by atoms with van der Waals surface area (Å²) in [6.45, 7) is 3.63. The summed E-state index contributed by atoms with van der Waals surface area (Å²) in [6.07, 6.45) is 7.50. The minimum absolute atomic E-state index is 0.544. The zero-order chi connectivity index (χ0) is 19.6. The highest BCUT2D eigenvalue weighted by Gasteiger charge is 2.52. The van der Waals surface area contributed by atoms with E-state index in [1.807, 2.05) is 12.1 Å². The lowest BCUT2D eigenvalue weighted by Crippen LogP contribution is -2.58. The maximum atomic E-state index is 10.5. The van der Waals surface area contributed by atoms with Gasteiger partial charge in [0.1, 0.15) is 5.41 Å². The number of rotatable bonds is 6. The molecule has 146 valence electrons. The van der Waals surface area contributed by atoms with Gasteiger partial charge in [0, 0.05) is 25.7 Å². The first-order valence-corrected chi connectivity index (χ1v) is 11.0. The predicted molar refractivity (Wildman–Crippen MR) is 115 cm³/mol. The van der Waals surface area contributed by atoms with Crippen LogP contribution >= 0.6 is 0 Å². The summed E-state index contributed by atoms with van der Waals surface area (Å²) in [5.41, 5.74) is 1.75. The second-order valence-electron chi connectivity index (χ2n) is 9.25. The van der Waals surface area contributed by atoms with E-state index in [1.165, 1.54) is 43.1 Å². The zero-order valence-electron chi connectivity index (χ0n) is 17.3. The van der Waals surface area contributed by atoms with Crippen LogP contribution in [0, 0.1) is 17.2 Å². The molecule has 2 heteroatoms. The van der Waals surface area contributed by atoms with Crippen molar-refractivity contribution in [3.63, 3.8) is 0 Å². The first kappa shape index (κ1) is 19.2. The monoisotopic (exact) mass is 373 g/mol. The van der Waals surface area contributed by atoms with E-state index < -0.39 is 5.41 Å². The van der Waals surface area contributed by atoms with E-state index in [9.17, 15) is 5.26 Å². The summed E-state index contributed by atoms with van der Waals surface area (Å²) < 4.78 is 1.28. The first-order valence-electron chi connectivity index (χ1n) is 11.0. The highest BCUT2D eigenvalue weighted by atomic mass is 15.4. The van der Waals surface area contributed by atoms with Gasteiger partial charge in [-0.3, -0.25) is 0 Å². The normalized spacial score (nSPS) is 29.4. The number of hydrogen-bond donors (Lipinski definition) is 0. The van der Waals surface area contributed by atoms with Gasteiger partial charge in [-0.2, -0.15) is 5.26 Å². The number of benzene rings is 2. The predicted octanol–water partition coefficient (Wildman–Crippen LogP) is 5.68. The van der Waals surface area contributed by atoms with Crippen LogP contribution in [0.15, 0.2) is 60.7 Å². The third kappa shape index (κ3) is 3.16. The third-order valence-corrected chi connectivity index (χ3v) is 7.74. The molecule has 2 saturated heterocycles. The van der Waals surface area contributed by atoms with Crippen molar-refractivity contribution in [2.24, 2.45) is 5.92 Å². The molecule has 0 N–H and O–H groups in total. The Bertz CT molecular complexity index is 767. The maximum Gasteiger partial charge on any atom is 0.107 e. The molecule has 2 aliphatic heterocycles. The van der Waals surface area contributed by atoms with Crippen molar-refractivity contribution in [2.45, 2.75) is 62.9 Å². The fourth-order valence-corrected chi connectivity index (χ4v) is 6.32. The molecule has 2 aromatic carbocycles. The molecule has 2 nitrogen and oxygen atoms in total. The van der Waals surface area contributed by atoms with Crippen molar-refractivity contribution in [3.8, 4) is 6.07 Å². The topological polar surface area (TPSA) is 23.8 Å². The molecule has 0 radical (unpaired) electrons. The van der Waals surface area contributed by atoms with E-state index in [0.29, 0.717) is 5.92 Å². The van der Waals surface area contributed by atoms with E-state index in [1.54, 1.807) is 0 Å². The molecule has 2 heterocycles. The molecular formula is C26H33N2+. The molecule has 2 aromatic rings. The molecule has 0 spiro atoms. The molecule has 2 bridgehead atoms. The number of quaternary nitrogens is 1. The van der Waals surface area contributed by atoms with Crippen LogP contribution in [0.5, 0.6) is 0 Å². The van der Waals surface area contributed by atoms with Crippen LogP contribution < -0.4 is 0 Å². The number of piperidine rings is 1. The summed E-state index contributed by atoms with van der Waals surface area (Å²) >= 11 is 0. The van der Waals surface area contributed by atoms with Crippen LogP contribution in [0.3, 0.4) is 0 Å². The number of nitriles is 1. The molecule has 4 atom stereocenters. The van der Waals surface area contributed by atoms with Gasteiger partial charge in [-0.15, -0.1) is 0 Å². The van der Waals surface area contributed by atoms with Gasteiger partial charge >= 0.3 is 0 Å². The number of hydrogen-bond acceptors (Lipinski definition) is 1. The molecule has 0 amide bonds. The lowest BCUT2D eigenvalue weighted by atomic mass is 9.67. The fourth-order valence-electron chi connectivity index (χ4n) is 6.32. The Kier molecular flexibility index (Phi) is 5.30. The minimum Gasteiger partial charge on any atom is -0.321 e. The van der Waals surface area contributed by atoms with Crippen molar-refractivity contribution in [1.29, 1.82) is 5.26 Å². The van der Waals surface area contributed by atoms with Crippen LogP contribution in [0.4, 0.5) is 0 Å². The first-order chi connectivity index (χ1) is 13.6. The Morgan fingerprint density at radius 3 is 1.86 bits per heavy atom. The second kappa shape index (κ2) is 7.72. The summed E-state index contributed by atoms with van der Waals surface area (Å²) in [5, 5.41) is 10.5. The average Bonchev–Trinajstić information content (AvgIpc) is 2.90. The Balaban J connectivity index is 1.66. The molecule has 0 aromatic heterocycles. The summed E-state index contributed by atoms with van der Waals surface area (Å²) in [4.78, 5) is 0. The molecule has 2 fully saturated rings. The van der Waals surface area contributed by atoms with Crippen LogP contribution in [0.1, 0.15) is 56.6 Å². The molecule has 28 heavy (non-hydrogen) atoms. The third-order valence-electron chi connectivity index (χ3n) is 7.74.